The zero-order valence-electron chi connectivity index (χ0n) is 5.34. The van der Waals surface area contributed by atoms with Crippen LogP contribution in [-0.2, 0) is 0 Å². The van der Waals surface area contributed by atoms with E-state index < -0.39 is 10.1 Å². The Bertz CT molecular complexity index is 278. The average Bonchev–Trinajstić information content (AvgIpc) is 1.82. The number of alkyl halides is 3. The van der Waals surface area contributed by atoms with Crippen LogP contribution in [0.4, 0.5) is 4.39 Å². The minimum Gasteiger partial charge on any atom is -0.412 e. The first-order chi connectivity index (χ1) is 5.47. The van der Waals surface area contributed by atoms with Crippen LogP contribution in [-0.4, -0.2) is 18.9 Å². The molecule has 0 aromatic carbocycles. The molecule has 1 aromatic heterocycles. The van der Waals surface area contributed by atoms with Crippen LogP contribution in [0.1, 0.15) is 0 Å². The van der Waals surface area contributed by atoms with Crippen LogP contribution < -0.4 is 4.74 Å². The first-order valence-electron chi connectivity index (χ1n) is 2.58. The van der Waals surface area contributed by atoms with Gasteiger partial charge in [-0.1, -0.05) is 0 Å². The first-order valence-corrected chi connectivity index (χ1v) is 3.71. The molecule has 0 N–H and O–H groups in total. The molecule has 8 heteroatoms. The lowest BCUT2D eigenvalue weighted by molar-refractivity contribution is 0.284. The van der Waals surface area contributed by atoms with Crippen LogP contribution >= 0.6 is 34.8 Å². The molecule has 0 atom stereocenters. The van der Waals surface area contributed by atoms with Crippen LogP contribution in [0.25, 0.3) is 0 Å². The Morgan fingerprint density at radius 3 is 2.50 bits per heavy atom. The lowest BCUT2D eigenvalue weighted by Gasteiger charge is -2.10. The second kappa shape index (κ2) is 3.55. The van der Waals surface area contributed by atoms with Gasteiger partial charge in [0.05, 0.1) is 0 Å². The summed E-state index contributed by atoms with van der Waals surface area (Å²) >= 11 is 15.6. The number of hydrogen-bond acceptors (Lipinski definition) is 4. The van der Waals surface area contributed by atoms with E-state index in [-0.39, 0.29) is 6.01 Å². The van der Waals surface area contributed by atoms with Gasteiger partial charge in [-0.2, -0.15) is 14.4 Å². The number of hydrogen-bond donors (Lipinski definition) is 0. The van der Waals surface area contributed by atoms with E-state index in [4.69, 9.17) is 34.8 Å². The lowest BCUT2D eigenvalue weighted by Crippen LogP contribution is -2.15. The fourth-order valence-electron chi connectivity index (χ4n) is 0.415. The third kappa shape index (κ3) is 3.34. The van der Waals surface area contributed by atoms with E-state index in [9.17, 15) is 4.39 Å². The molecule has 12 heavy (non-hydrogen) atoms. The van der Waals surface area contributed by atoms with Gasteiger partial charge in [-0.25, -0.2) is 0 Å². The van der Waals surface area contributed by atoms with Gasteiger partial charge < -0.3 is 4.74 Å². The van der Waals surface area contributed by atoms with Gasteiger partial charge in [-0.15, -0.1) is 4.98 Å². The number of aromatic nitrogens is 3. The molecule has 66 valence electrons. The van der Waals surface area contributed by atoms with E-state index in [1.54, 1.807) is 0 Å². The van der Waals surface area contributed by atoms with Crippen molar-refractivity contribution >= 4 is 34.8 Å². The third-order valence-corrected chi connectivity index (χ3v) is 0.959. The second-order valence-corrected chi connectivity index (χ2v) is 3.76. The minimum atomic E-state index is -2.01. The number of ether oxygens (including phenoxy) is 1. The van der Waals surface area contributed by atoms with Gasteiger partial charge in [0.25, 0.3) is 0 Å². The summed E-state index contributed by atoms with van der Waals surface area (Å²) in [7, 11) is 0. The van der Waals surface area contributed by atoms with Crippen LogP contribution in [0, 0.1) is 6.08 Å². The molecule has 1 aromatic rings. The molecule has 0 saturated carbocycles. The van der Waals surface area contributed by atoms with Gasteiger partial charge in [-0.05, 0) is 34.8 Å². The minimum absolute atomic E-state index is 0.387. The molecule has 4 nitrogen and oxygen atoms in total. The van der Waals surface area contributed by atoms with E-state index in [0.29, 0.717) is 0 Å². The summed E-state index contributed by atoms with van der Waals surface area (Å²) < 4.78 is 14.7. The largest absolute Gasteiger partial charge is 0.412 e. The maximum atomic E-state index is 12.3. The molecule has 0 aliphatic carbocycles. The van der Waals surface area contributed by atoms with E-state index in [2.05, 4.69) is 19.7 Å². The SMILES string of the molecule is Fc1ncnc(OC(Cl)(Cl)Cl)n1. The number of halogens is 4. The quantitative estimate of drug-likeness (QED) is 0.692. The molecule has 0 radical (unpaired) electrons. The molecule has 0 bridgehead atoms. The van der Waals surface area contributed by atoms with Crippen molar-refractivity contribution in [1.29, 1.82) is 0 Å². The summed E-state index contributed by atoms with van der Waals surface area (Å²) in [5.41, 5.74) is 0. The average molecular weight is 232 g/mol. The Morgan fingerprint density at radius 2 is 2.00 bits per heavy atom. The summed E-state index contributed by atoms with van der Waals surface area (Å²) in [6.07, 6.45) is -0.108. The summed E-state index contributed by atoms with van der Waals surface area (Å²) in [4.78, 5) is 9.55. The highest BCUT2D eigenvalue weighted by atomic mass is 35.6. The highest BCUT2D eigenvalue weighted by Crippen LogP contribution is 2.27. The summed E-state index contributed by atoms with van der Waals surface area (Å²) in [5.74, 6) is 0. The van der Waals surface area contributed by atoms with Gasteiger partial charge in [0, 0.05) is 0 Å². The topological polar surface area (TPSA) is 47.9 Å². The van der Waals surface area contributed by atoms with Crippen LogP contribution in [0.3, 0.4) is 0 Å². The first kappa shape index (κ1) is 9.70. The Kier molecular flexibility index (Phi) is 2.87. The van der Waals surface area contributed by atoms with Gasteiger partial charge in [0.15, 0.2) is 0 Å². The van der Waals surface area contributed by atoms with Gasteiger partial charge in [0.1, 0.15) is 6.33 Å². The molecule has 0 fully saturated rings. The summed E-state index contributed by atoms with van der Waals surface area (Å²) in [5, 5.41) is 0. The Hall–Kier alpha value is -0.390. The molecule has 0 aliphatic rings. The van der Waals surface area contributed by atoms with Gasteiger partial charge in [-0.3, -0.25) is 0 Å². The van der Waals surface area contributed by atoms with Crippen molar-refractivity contribution in [2.24, 2.45) is 0 Å². The highest BCUT2D eigenvalue weighted by Gasteiger charge is 2.23. The normalized spacial score (nSPS) is 11.3. The lowest BCUT2D eigenvalue weighted by atomic mass is 11.0. The van der Waals surface area contributed by atoms with E-state index in [1.807, 2.05) is 0 Å². The van der Waals surface area contributed by atoms with Crippen molar-refractivity contribution in [3.63, 3.8) is 0 Å². The van der Waals surface area contributed by atoms with Gasteiger partial charge in [0.2, 0.25) is 0 Å². The maximum absolute atomic E-state index is 12.3. The van der Waals surface area contributed by atoms with Crippen molar-refractivity contribution in [3.8, 4) is 6.01 Å². The zero-order valence-corrected chi connectivity index (χ0v) is 7.61. The van der Waals surface area contributed by atoms with Crippen molar-refractivity contribution in [2.45, 2.75) is 3.98 Å². The third-order valence-electron chi connectivity index (χ3n) is 0.727. The molecule has 0 saturated heterocycles. The summed E-state index contributed by atoms with van der Waals surface area (Å²) in [6.45, 7) is 0. The second-order valence-electron chi connectivity index (χ2n) is 1.58. The molecular formula is C4HCl3FN3O. The van der Waals surface area contributed by atoms with Crippen LogP contribution in [0.15, 0.2) is 6.33 Å². The maximum Gasteiger partial charge on any atom is 0.341 e. The highest BCUT2D eigenvalue weighted by molar-refractivity contribution is 6.66. The van der Waals surface area contributed by atoms with Crippen LogP contribution in [0.2, 0.25) is 0 Å². The Balaban J connectivity index is 2.77. The molecule has 1 rings (SSSR count). The van der Waals surface area contributed by atoms with E-state index in [0.717, 1.165) is 6.33 Å². The van der Waals surface area contributed by atoms with Crippen molar-refractivity contribution < 1.29 is 9.13 Å². The number of nitrogens with zero attached hydrogens (tertiary/aromatic N) is 3. The number of rotatable bonds is 1. The van der Waals surface area contributed by atoms with Gasteiger partial charge >= 0.3 is 16.1 Å². The predicted octanol–water partition coefficient (Wildman–Crippen LogP) is 1.72. The molecule has 0 amide bonds. The van der Waals surface area contributed by atoms with Crippen molar-refractivity contribution in [1.82, 2.24) is 15.0 Å². The Morgan fingerprint density at radius 1 is 1.33 bits per heavy atom. The van der Waals surface area contributed by atoms with Crippen molar-refractivity contribution in [2.75, 3.05) is 0 Å². The smallest absolute Gasteiger partial charge is 0.341 e. The molecule has 1 heterocycles. The van der Waals surface area contributed by atoms with Crippen LogP contribution in [0.5, 0.6) is 6.01 Å². The van der Waals surface area contributed by atoms with E-state index in [1.165, 1.54) is 0 Å². The predicted molar refractivity (Wildman–Crippen MR) is 40.7 cm³/mol. The fraction of sp³-hybridized carbons (Fsp3) is 0.250. The van der Waals surface area contributed by atoms with Crippen molar-refractivity contribution in [3.05, 3.63) is 12.4 Å². The molecular weight excluding hydrogens is 231 g/mol. The molecule has 0 aliphatic heterocycles. The molecule has 0 spiro atoms. The Labute approximate surface area is 81.6 Å². The zero-order chi connectivity index (χ0) is 9.19. The monoisotopic (exact) mass is 231 g/mol. The molecule has 0 unspecified atom stereocenters. The standard InChI is InChI=1S/C4HCl3FN3O/c5-4(6,7)12-3-10-1-9-2(8)11-3/h1H. The fourth-order valence-corrected chi connectivity index (χ4v) is 0.622. The van der Waals surface area contributed by atoms with E-state index >= 15 is 0 Å². The summed E-state index contributed by atoms with van der Waals surface area (Å²) in [6, 6.07) is -0.387.